The Morgan fingerprint density at radius 1 is 1.10 bits per heavy atom. The Morgan fingerprint density at radius 2 is 1.79 bits per heavy atom. The van der Waals surface area contributed by atoms with Crippen molar-refractivity contribution >= 4 is 12.0 Å². The van der Waals surface area contributed by atoms with Crippen LogP contribution >= 0.6 is 0 Å². The fraction of sp³-hybridized carbons (Fsp3) is 0.304. The minimum atomic E-state index is -0.583. The number of hydrogen-bond acceptors (Lipinski definition) is 5. The number of nitriles is 1. The van der Waals surface area contributed by atoms with Crippen molar-refractivity contribution in [2.45, 2.75) is 6.10 Å². The number of carbonyl (C=O) groups excluding carboxylic acids is 1. The van der Waals surface area contributed by atoms with E-state index in [2.05, 4.69) is 11.0 Å². The Morgan fingerprint density at radius 3 is 2.52 bits per heavy atom. The van der Waals surface area contributed by atoms with Gasteiger partial charge in [-0.2, -0.15) is 5.26 Å². The summed E-state index contributed by atoms with van der Waals surface area (Å²) in [5, 5.41) is 19.3. The molecule has 0 aliphatic carbocycles. The quantitative estimate of drug-likeness (QED) is 0.732. The van der Waals surface area contributed by atoms with Crippen molar-refractivity contribution in [2.75, 3.05) is 39.3 Å². The molecule has 0 radical (unpaired) electrons. The highest BCUT2D eigenvalue weighted by Gasteiger charge is 2.21. The summed E-state index contributed by atoms with van der Waals surface area (Å²) >= 11 is 0. The van der Waals surface area contributed by atoms with Gasteiger partial charge in [-0.3, -0.25) is 9.69 Å². The third-order valence-corrected chi connectivity index (χ3v) is 4.83. The van der Waals surface area contributed by atoms with Gasteiger partial charge in [0.05, 0.1) is 11.6 Å². The van der Waals surface area contributed by atoms with Crippen LogP contribution in [0.25, 0.3) is 6.08 Å². The Kier molecular flexibility index (Phi) is 7.40. The van der Waals surface area contributed by atoms with Gasteiger partial charge in [0.25, 0.3) is 0 Å². The number of aliphatic hydroxyl groups excluding tert-OH is 1. The number of aliphatic hydroxyl groups is 1. The van der Waals surface area contributed by atoms with E-state index >= 15 is 0 Å². The van der Waals surface area contributed by atoms with Crippen molar-refractivity contribution in [2.24, 2.45) is 0 Å². The number of ether oxygens (including phenoxy) is 1. The van der Waals surface area contributed by atoms with Crippen molar-refractivity contribution in [3.8, 4) is 11.8 Å². The molecule has 0 saturated carbocycles. The van der Waals surface area contributed by atoms with Crippen molar-refractivity contribution in [3.05, 3.63) is 71.8 Å². The highest BCUT2D eigenvalue weighted by Crippen LogP contribution is 2.11. The summed E-state index contributed by atoms with van der Waals surface area (Å²) in [4.78, 5) is 16.4. The molecule has 3 rings (SSSR count). The zero-order valence-corrected chi connectivity index (χ0v) is 16.3. The van der Waals surface area contributed by atoms with Crippen molar-refractivity contribution in [1.82, 2.24) is 9.80 Å². The lowest BCUT2D eigenvalue weighted by Gasteiger charge is -2.35. The van der Waals surface area contributed by atoms with Crippen LogP contribution < -0.4 is 4.74 Å². The van der Waals surface area contributed by atoms with Gasteiger partial charge in [-0.15, -0.1) is 0 Å². The molecule has 6 nitrogen and oxygen atoms in total. The molecule has 1 unspecified atom stereocenters. The molecule has 1 N–H and O–H groups in total. The van der Waals surface area contributed by atoms with Gasteiger partial charge in [0, 0.05) is 38.8 Å². The van der Waals surface area contributed by atoms with Crippen molar-refractivity contribution in [3.63, 3.8) is 0 Å². The second-order valence-corrected chi connectivity index (χ2v) is 6.94. The minimum Gasteiger partial charge on any atom is -0.491 e. The molecule has 1 amide bonds. The Labute approximate surface area is 171 Å². The van der Waals surface area contributed by atoms with Gasteiger partial charge in [-0.05, 0) is 29.8 Å². The van der Waals surface area contributed by atoms with Crippen LogP contribution in [-0.2, 0) is 4.79 Å². The lowest BCUT2D eigenvalue weighted by Crippen LogP contribution is -2.50. The average Bonchev–Trinajstić information content (AvgIpc) is 2.77. The molecule has 6 heteroatoms. The largest absolute Gasteiger partial charge is 0.491 e. The fourth-order valence-corrected chi connectivity index (χ4v) is 3.22. The first-order valence-electron chi connectivity index (χ1n) is 9.70. The maximum atomic E-state index is 12.4. The molecule has 29 heavy (non-hydrogen) atoms. The SMILES string of the molecule is N#Cc1ccccc1C=CC(=O)N1CCN(CC(O)COc2ccccc2)CC1. The molecule has 1 aliphatic rings. The summed E-state index contributed by atoms with van der Waals surface area (Å²) in [5.74, 6) is 0.678. The number of hydrogen-bond donors (Lipinski definition) is 1. The molecule has 1 atom stereocenters. The summed E-state index contributed by atoms with van der Waals surface area (Å²) < 4.78 is 5.59. The third kappa shape index (κ3) is 6.18. The first-order chi connectivity index (χ1) is 14.2. The van der Waals surface area contributed by atoms with Gasteiger partial charge < -0.3 is 14.7 Å². The average molecular weight is 391 g/mol. The molecule has 1 heterocycles. The minimum absolute atomic E-state index is 0.0645. The number of nitrogens with zero attached hydrogens (tertiary/aromatic N) is 3. The zero-order chi connectivity index (χ0) is 20.5. The van der Waals surface area contributed by atoms with E-state index in [0.717, 1.165) is 11.3 Å². The molecule has 0 aromatic heterocycles. The first kappa shape index (κ1) is 20.6. The van der Waals surface area contributed by atoms with E-state index in [1.807, 2.05) is 42.5 Å². The fourth-order valence-electron chi connectivity index (χ4n) is 3.22. The highest BCUT2D eigenvalue weighted by atomic mass is 16.5. The van der Waals surface area contributed by atoms with Gasteiger partial charge in [0.1, 0.15) is 18.5 Å². The van der Waals surface area contributed by atoms with Crippen LogP contribution in [0.4, 0.5) is 0 Å². The lowest BCUT2D eigenvalue weighted by molar-refractivity contribution is -0.127. The Balaban J connectivity index is 1.42. The van der Waals surface area contributed by atoms with Crippen LogP contribution in [0.1, 0.15) is 11.1 Å². The Hall–Kier alpha value is -3.14. The summed E-state index contributed by atoms with van der Waals surface area (Å²) in [6, 6.07) is 18.8. The number of benzene rings is 2. The van der Waals surface area contributed by atoms with Crippen LogP contribution in [0.2, 0.25) is 0 Å². The summed E-state index contributed by atoms with van der Waals surface area (Å²) in [6.45, 7) is 3.38. The standard InChI is InChI=1S/C23H25N3O3/c24-16-20-7-5-4-6-19(20)10-11-23(28)26-14-12-25(13-15-26)17-21(27)18-29-22-8-2-1-3-9-22/h1-11,21,27H,12-15,17-18H2. The normalized spacial score (nSPS) is 15.8. The van der Waals surface area contributed by atoms with Crippen molar-refractivity contribution in [1.29, 1.82) is 5.26 Å². The second kappa shape index (κ2) is 10.4. The molecular formula is C23H25N3O3. The van der Waals surface area contributed by atoms with Gasteiger partial charge in [0.15, 0.2) is 0 Å². The molecule has 1 saturated heterocycles. The maximum Gasteiger partial charge on any atom is 0.246 e. The first-order valence-corrected chi connectivity index (χ1v) is 9.70. The van der Waals surface area contributed by atoms with E-state index in [1.165, 1.54) is 6.08 Å². The molecule has 150 valence electrons. The molecule has 0 bridgehead atoms. The molecule has 0 spiro atoms. The predicted molar refractivity (Wildman–Crippen MR) is 111 cm³/mol. The second-order valence-electron chi connectivity index (χ2n) is 6.94. The summed E-state index contributed by atoms with van der Waals surface area (Å²) in [7, 11) is 0. The molecule has 2 aromatic rings. The van der Waals surface area contributed by atoms with E-state index in [-0.39, 0.29) is 12.5 Å². The zero-order valence-electron chi connectivity index (χ0n) is 16.3. The van der Waals surface area contributed by atoms with Crippen LogP contribution in [0.5, 0.6) is 5.75 Å². The van der Waals surface area contributed by atoms with E-state index in [4.69, 9.17) is 10.00 Å². The number of piperazine rings is 1. The Bertz CT molecular complexity index is 868. The van der Waals surface area contributed by atoms with Crippen molar-refractivity contribution < 1.29 is 14.6 Å². The number of β-amino-alcohol motifs (C(OH)–C–C–N with tert-alkyl or cyclic N) is 1. The topological polar surface area (TPSA) is 76.8 Å². The van der Waals surface area contributed by atoms with Crippen LogP contribution in [-0.4, -0.2) is 66.2 Å². The highest BCUT2D eigenvalue weighted by molar-refractivity contribution is 5.92. The molecule has 1 fully saturated rings. The van der Waals surface area contributed by atoms with E-state index < -0.39 is 6.10 Å². The summed E-state index contributed by atoms with van der Waals surface area (Å²) in [6.07, 6.45) is 2.63. The smallest absolute Gasteiger partial charge is 0.246 e. The number of para-hydroxylation sites is 1. The molecule has 2 aromatic carbocycles. The monoisotopic (exact) mass is 391 g/mol. The lowest BCUT2D eigenvalue weighted by atomic mass is 10.1. The number of rotatable bonds is 7. The van der Waals surface area contributed by atoms with Crippen LogP contribution in [0, 0.1) is 11.3 Å². The van der Waals surface area contributed by atoms with Gasteiger partial charge >= 0.3 is 0 Å². The third-order valence-electron chi connectivity index (χ3n) is 4.83. The summed E-state index contributed by atoms with van der Waals surface area (Å²) in [5.41, 5.74) is 1.29. The predicted octanol–water partition coefficient (Wildman–Crippen LogP) is 2.16. The van der Waals surface area contributed by atoms with Crippen LogP contribution in [0.15, 0.2) is 60.7 Å². The van der Waals surface area contributed by atoms with Gasteiger partial charge in [0.2, 0.25) is 5.91 Å². The number of carbonyl (C=O) groups is 1. The molecular weight excluding hydrogens is 366 g/mol. The van der Waals surface area contributed by atoms with Gasteiger partial charge in [-0.1, -0.05) is 36.4 Å². The van der Waals surface area contributed by atoms with E-state index in [0.29, 0.717) is 38.3 Å². The maximum absolute atomic E-state index is 12.4. The number of amides is 1. The van der Waals surface area contributed by atoms with E-state index in [9.17, 15) is 9.90 Å². The van der Waals surface area contributed by atoms with Crippen LogP contribution in [0.3, 0.4) is 0 Å². The van der Waals surface area contributed by atoms with Gasteiger partial charge in [-0.25, -0.2) is 0 Å². The van der Waals surface area contributed by atoms with E-state index in [1.54, 1.807) is 23.1 Å². The molecule has 1 aliphatic heterocycles.